The van der Waals surface area contributed by atoms with Gasteiger partial charge >= 0.3 is 112 Å². The summed E-state index contributed by atoms with van der Waals surface area (Å²) in [5.41, 5.74) is 13.9. The van der Waals surface area contributed by atoms with Crippen LogP contribution in [0.3, 0.4) is 0 Å². The van der Waals surface area contributed by atoms with Crippen LogP contribution in [-0.4, -0.2) is 3.21 Å². The Labute approximate surface area is 274 Å². The second kappa shape index (κ2) is 15.7. The fraction of sp³-hybridized carbons (Fsp3) is 0.211. The van der Waals surface area contributed by atoms with Crippen molar-refractivity contribution in [2.24, 2.45) is 0 Å². The van der Waals surface area contributed by atoms with Crippen molar-refractivity contribution in [3.8, 4) is 11.1 Å². The Morgan fingerprint density at radius 3 is 1.76 bits per heavy atom. The van der Waals surface area contributed by atoms with Crippen LogP contribution in [0.5, 0.6) is 0 Å². The van der Waals surface area contributed by atoms with Gasteiger partial charge in [0.05, 0.1) is 0 Å². The normalized spacial score (nSPS) is 10.8. The minimum atomic E-state index is 0. The van der Waals surface area contributed by atoms with Gasteiger partial charge in [-0.3, -0.25) is 0 Å². The van der Waals surface area contributed by atoms with E-state index in [4.69, 9.17) is 0 Å². The van der Waals surface area contributed by atoms with Crippen LogP contribution in [0.1, 0.15) is 65.3 Å². The maximum atomic E-state index is 3.30. The molecular formula is C38H38Cl2Zr-2. The van der Waals surface area contributed by atoms with Crippen molar-refractivity contribution in [1.29, 1.82) is 0 Å². The van der Waals surface area contributed by atoms with Gasteiger partial charge in [0, 0.05) is 0 Å². The van der Waals surface area contributed by atoms with Gasteiger partial charge in [-0.25, -0.2) is 6.07 Å². The van der Waals surface area contributed by atoms with Crippen molar-refractivity contribution in [3.05, 3.63) is 160 Å². The second-order valence-corrected chi connectivity index (χ2v) is 12.7. The van der Waals surface area contributed by atoms with E-state index >= 15 is 0 Å². The first kappa shape index (κ1) is 34.8. The fourth-order valence-corrected chi connectivity index (χ4v) is 5.45. The monoisotopic (exact) mass is 654 g/mol. The molecule has 0 unspecified atom stereocenters. The fourth-order valence-electron chi connectivity index (χ4n) is 4.63. The van der Waals surface area contributed by atoms with Crippen molar-refractivity contribution in [2.45, 2.75) is 53.4 Å². The van der Waals surface area contributed by atoms with E-state index in [0.717, 1.165) is 6.42 Å². The molecule has 0 bridgehead atoms. The Bertz CT molecular complexity index is 1440. The first-order chi connectivity index (χ1) is 18.6. The molecule has 1 aliphatic carbocycles. The van der Waals surface area contributed by atoms with E-state index in [1.54, 1.807) is 0 Å². The number of aryl methyl sites for hydroxylation is 3. The summed E-state index contributed by atoms with van der Waals surface area (Å²) in [5.74, 6) is 0. The third kappa shape index (κ3) is 9.54. The van der Waals surface area contributed by atoms with E-state index in [9.17, 15) is 0 Å². The Morgan fingerprint density at radius 1 is 0.732 bits per heavy atom. The zero-order valence-electron chi connectivity index (χ0n) is 24.9. The SMILES string of the molecule is Cc1cc(C(C)(C)C)c[cH-]1.Cc1ccc([C](=[Zr+2])c2ccc(C)cc2)cc1.[Cl-].[Cl-].[c-]1cccc2c1Cc1ccccc1-2. The zero-order chi connectivity index (χ0) is 28.0. The third-order valence-electron chi connectivity index (χ3n) is 7.07. The predicted molar refractivity (Wildman–Crippen MR) is 165 cm³/mol. The topological polar surface area (TPSA) is 0 Å². The molecule has 41 heavy (non-hydrogen) atoms. The van der Waals surface area contributed by atoms with Gasteiger partial charge in [0.2, 0.25) is 0 Å². The van der Waals surface area contributed by atoms with Gasteiger partial charge in [-0.05, 0) is 6.42 Å². The van der Waals surface area contributed by atoms with Crippen LogP contribution in [0.15, 0.2) is 109 Å². The first-order valence-corrected chi connectivity index (χ1v) is 14.9. The van der Waals surface area contributed by atoms with Gasteiger partial charge in [0.15, 0.2) is 0 Å². The molecule has 0 aliphatic heterocycles. The molecule has 0 saturated heterocycles. The largest absolute Gasteiger partial charge is 1.00 e. The van der Waals surface area contributed by atoms with Gasteiger partial charge in [0.25, 0.3) is 0 Å². The summed E-state index contributed by atoms with van der Waals surface area (Å²) in [5, 5.41) is 0. The van der Waals surface area contributed by atoms with Crippen LogP contribution in [0, 0.1) is 26.8 Å². The molecule has 5 aromatic carbocycles. The molecule has 0 atom stereocenters. The smallest absolute Gasteiger partial charge is 0.0253 e. The molecule has 0 nitrogen and oxygen atoms in total. The average molecular weight is 657 g/mol. The maximum Gasteiger partial charge on any atom is -0.0253 e. The molecule has 5 aromatic rings. The van der Waals surface area contributed by atoms with Gasteiger partial charge in [-0.2, -0.15) is 53.1 Å². The Balaban J connectivity index is 0.000000215. The van der Waals surface area contributed by atoms with Crippen LogP contribution in [0.2, 0.25) is 0 Å². The third-order valence-corrected chi connectivity index (χ3v) is 8.49. The van der Waals surface area contributed by atoms with Crippen LogP contribution >= 0.6 is 0 Å². The molecule has 1 aliphatic rings. The van der Waals surface area contributed by atoms with Crippen molar-refractivity contribution < 1.29 is 49.0 Å². The van der Waals surface area contributed by atoms with E-state index in [0.29, 0.717) is 5.41 Å². The van der Waals surface area contributed by atoms with Crippen molar-refractivity contribution in [2.75, 3.05) is 0 Å². The van der Waals surface area contributed by atoms with E-state index in [1.165, 1.54) is 83.1 Å². The van der Waals surface area contributed by atoms with Crippen molar-refractivity contribution in [3.63, 3.8) is 0 Å². The van der Waals surface area contributed by atoms with Crippen molar-refractivity contribution in [1.82, 2.24) is 0 Å². The molecule has 0 heterocycles. The summed E-state index contributed by atoms with van der Waals surface area (Å²) < 4.78 is 1.42. The van der Waals surface area contributed by atoms with Crippen LogP contribution in [0.25, 0.3) is 11.1 Å². The van der Waals surface area contributed by atoms with Crippen LogP contribution < -0.4 is 24.8 Å². The molecule has 6 rings (SSSR count). The number of rotatable bonds is 2. The number of hydrogen-bond donors (Lipinski definition) is 0. The van der Waals surface area contributed by atoms with Gasteiger partial charge in [0.1, 0.15) is 0 Å². The van der Waals surface area contributed by atoms with Gasteiger partial charge < -0.3 is 24.8 Å². The molecule has 0 saturated carbocycles. The molecule has 0 N–H and O–H groups in total. The quantitative estimate of drug-likeness (QED) is 0.251. The van der Waals surface area contributed by atoms with Crippen LogP contribution in [0.4, 0.5) is 0 Å². The average Bonchev–Trinajstić information content (AvgIpc) is 3.54. The van der Waals surface area contributed by atoms with Gasteiger partial charge in [-0.15, -0.1) is 5.56 Å². The molecule has 0 fully saturated rings. The summed E-state index contributed by atoms with van der Waals surface area (Å²) in [4.78, 5) is 0. The van der Waals surface area contributed by atoms with Gasteiger partial charge in [-0.1, -0.05) is 68.5 Å². The van der Waals surface area contributed by atoms with Crippen molar-refractivity contribution >= 4 is 3.21 Å². The van der Waals surface area contributed by atoms with E-state index in [1.807, 2.05) is 6.07 Å². The summed E-state index contributed by atoms with van der Waals surface area (Å²) in [6.45, 7) is 13.1. The molecule has 210 valence electrons. The Kier molecular flexibility index (Phi) is 13.3. The van der Waals surface area contributed by atoms with E-state index in [-0.39, 0.29) is 24.8 Å². The number of fused-ring (bicyclic) bond motifs is 3. The maximum absolute atomic E-state index is 3.30. The first-order valence-electron chi connectivity index (χ1n) is 13.7. The summed E-state index contributed by atoms with van der Waals surface area (Å²) in [6, 6.07) is 42.3. The zero-order valence-corrected chi connectivity index (χ0v) is 28.8. The molecule has 0 amide bonds. The Hall–Kier alpha value is -2.44. The number of halogens is 2. The minimum absolute atomic E-state index is 0. The molecule has 0 radical (unpaired) electrons. The summed E-state index contributed by atoms with van der Waals surface area (Å²) in [6.07, 6.45) is 1.05. The minimum Gasteiger partial charge on any atom is -1.00 e. The van der Waals surface area contributed by atoms with E-state index < -0.39 is 0 Å². The standard InChI is InChI=1S/C15H14.C13H9.C10H15.2ClH.Zr/c1-12-3-7-14(8-4-12)11-15-9-5-13(2)6-10-15;1-3-7-12-10(5-1)9-11-6-2-4-8-13(11)12;1-8-5-6-9(7-8)10(2,3)4;;;/h3-10H,1-2H3;1-5,7-8H,9H2;5-7H,1-4H3;2*1H;/q;2*-1;;;+2/p-2. The predicted octanol–water partition coefficient (Wildman–Crippen LogP) is 3.50. The number of benzene rings is 4. The molecule has 3 heteroatoms. The molecule has 0 aromatic heterocycles. The Morgan fingerprint density at radius 2 is 1.27 bits per heavy atom. The summed E-state index contributed by atoms with van der Waals surface area (Å²) in [7, 11) is 0. The second-order valence-electron chi connectivity index (χ2n) is 11.4. The molecular weight excluding hydrogens is 619 g/mol. The van der Waals surface area contributed by atoms with E-state index in [2.05, 4.69) is 151 Å². The summed E-state index contributed by atoms with van der Waals surface area (Å²) >= 11 is 1.46. The van der Waals surface area contributed by atoms with Crippen LogP contribution in [-0.2, 0) is 36.1 Å². The number of hydrogen-bond acceptors (Lipinski definition) is 0. The molecule has 0 spiro atoms.